The van der Waals surface area contributed by atoms with Gasteiger partial charge in [-0.15, -0.1) is 0 Å². The summed E-state index contributed by atoms with van der Waals surface area (Å²) in [6.45, 7) is 0.497. The maximum Gasteiger partial charge on any atom is 0.321 e. The fourth-order valence-corrected chi connectivity index (χ4v) is 2.09. The number of hydrogen-bond donors (Lipinski definition) is 2. The summed E-state index contributed by atoms with van der Waals surface area (Å²) in [5.74, 6) is 0.391. The minimum absolute atomic E-state index is 0.311. The fraction of sp³-hybridized carbons (Fsp3) is 0.154. The molecule has 0 atom stereocenters. The molecule has 0 bridgehead atoms. The van der Waals surface area contributed by atoms with Gasteiger partial charge in [-0.2, -0.15) is 0 Å². The second-order valence-electron chi connectivity index (χ2n) is 3.83. The maximum atomic E-state index is 11.6. The molecule has 0 aliphatic rings. The molecule has 1 aromatic heterocycles. The fourth-order valence-electron chi connectivity index (χ4n) is 1.55. The molecule has 2 amide bonds. The lowest BCUT2D eigenvalue weighted by Gasteiger charge is -2.06. The summed E-state index contributed by atoms with van der Waals surface area (Å²) in [7, 11) is 0. The van der Waals surface area contributed by atoms with E-state index in [0.717, 1.165) is 5.56 Å². The minimum atomic E-state index is -0.311. The van der Waals surface area contributed by atoms with Crippen LogP contribution in [0.15, 0.2) is 45.5 Å². The molecule has 0 spiro atoms. The summed E-state index contributed by atoms with van der Waals surface area (Å²) in [6, 6.07) is 10.6. The van der Waals surface area contributed by atoms with Crippen LogP contribution in [-0.4, -0.2) is 12.6 Å². The summed E-state index contributed by atoms with van der Waals surface area (Å²) >= 11 is 9.18. The highest BCUT2D eigenvalue weighted by Crippen LogP contribution is 2.18. The number of urea groups is 1. The zero-order valence-corrected chi connectivity index (χ0v) is 12.3. The lowest BCUT2D eigenvalue weighted by molar-refractivity contribution is 0.251. The zero-order valence-electron chi connectivity index (χ0n) is 9.95. The van der Waals surface area contributed by atoms with Gasteiger partial charge in [0.1, 0.15) is 0 Å². The topological polar surface area (TPSA) is 54.3 Å². The third kappa shape index (κ3) is 4.29. The van der Waals surface area contributed by atoms with Crippen LogP contribution in [0.4, 0.5) is 10.7 Å². The zero-order chi connectivity index (χ0) is 13.7. The van der Waals surface area contributed by atoms with Crippen LogP contribution in [-0.2, 0) is 6.42 Å². The Balaban J connectivity index is 1.77. The first kappa shape index (κ1) is 14.0. The first-order valence-electron chi connectivity index (χ1n) is 5.69. The van der Waals surface area contributed by atoms with Crippen molar-refractivity contribution in [3.05, 3.63) is 51.7 Å². The molecule has 1 aromatic carbocycles. The quantitative estimate of drug-likeness (QED) is 0.879. The van der Waals surface area contributed by atoms with Crippen LogP contribution in [0, 0.1) is 0 Å². The number of carbonyl (C=O) groups excluding carboxylic acids is 1. The van der Waals surface area contributed by atoms with E-state index in [0.29, 0.717) is 28.5 Å². The highest BCUT2D eigenvalue weighted by molar-refractivity contribution is 9.10. The predicted molar refractivity (Wildman–Crippen MR) is 78.6 cm³/mol. The highest BCUT2D eigenvalue weighted by atomic mass is 79.9. The van der Waals surface area contributed by atoms with E-state index in [9.17, 15) is 4.79 Å². The Morgan fingerprint density at radius 3 is 2.74 bits per heavy atom. The molecule has 1 heterocycles. The van der Waals surface area contributed by atoms with Crippen molar-refractivity contribution in [2.45, 2.75) is 6.42 Å². The van der Waals surface area contributed by atoms with E-state index in [1.165, 1.54) is 0 Å². The average Bonchev–Trinajstić information content (AvgIpc) is 2.77. The van der Waals surface area contributed by atoms with E-state index in [2.05, 4.69) is 26.6 Å². The van der Waals surface area contributed by atoms with Crippen LogP contribution >= 0.6 is 27.5 Å². The van der Waals surface area contributed by atoms with Gasteiger partial charge in [-0.25, -0.2) is 4.79 Å². The predicted octanol–water partition coefficient (Wildman–Crippen LogP) is 4.06. The number of hydrogen-bond acceptors (Lipinski definition) is 2. The van der Waals surface area contributed by atoms with Crippen molar-refractivity contribution in [1.82, 2.24) is 5.32 Å². The molecule has 0 saturated carbocycles. The summed E-state index contributed by atoms with van der Waals surface area (Å²) < 4.78 is 5.73. The van der Waals surface area contributed by atoms with Gasteiger partial charge >= 0.3 is 6.03 Å². The second-order valence-corrected chi connectivity index (χ2v) is 5.01. The molecule has 0 aliphatic heterocycles. The molecular formula is C13H12BrClN2O2. The molecule has 2 aromatic rings. The molecule has 0 fully saturated rings. The van der Waals surface area contributed by atoms with Crippen molar-refractivity contribution in [2.24, 2.45) is 0 Å². The Labute approximate surface area is 124 Å². The van der Waals surface area contributed by atoms with Gasteiger partial charge in [-0.1, -0.05) is 29.8 Å². The van der Waals surface area contributed by atoms with Crippen molar-refractivity contribution in [2.75, 3.05) is 11.9 Å². The number of furan rings is 1. The number of anilines is 1. The maximum absolute atomic E-state index is 11.6. The van der Waals surface area contributed by atoms with Gasteiger partial charge in [0.15, 0.2) is 4.67 Å². The SMILES string of the molecule is O=C(NCCc1ccccc1Cl)Nc1ccc(Br)o1. The van der Waals surface area contributed by atoms with E-state index in [1.807, 2.05) is 24.3 Å². The van der Waals surface area contributed by atoms with E-state index < -0.39 is 0 Å². The van der Waals surface area contributed by atoms with Crippen LogP contribution in [0.5, 0.6) is 0 Å². The minimum Gasteiger partial charge on any atom is -0.434 e. The van der Waals surface area contributed by atoms with E-state index in [4.69, 9.17) is 16.0 Å². The standard InChI is InChI=1S/C13H12BrClN2O2/c14-11-5-6-12(19-11)17-13(18)16-8-7-9-3-1-2-4-10(9)15/h1-6H,7-8H2,(H2,16,17,18). The first-order chi connectivity index (χ1) is 9.15. The van der Waals surface area contributed by atoms with Crippen LogP contribution in [0.3, 0.4) is 0 Å². The van der Waals surface area contributed by atoms with Crippen LogP contribution < -0.4 is 10.6 Å². The number of nitrogens with one attached hydrogen (secondary N) is 2. The van der Waals surface area contributed by atoms with Gasteiger partial charge in [0.2, 0.25) is 5.88 Å². The Kier molecular flexibility index (Phi) is 4.87. The molecule has 0 aliphatic carbocycles. The van der Waals surface area contributed by atoms with Gasteiger partial charge in [-0.05, 0) is 40.0 Å². The number of carbonyl (C=O) groups is 1. The van der Waals surface area contributed by atoms with Gasteiger partial charge in [0.05, 0.1) is 0 Å². The van der Waals surface area contributed by atoms with Crippen molar-refractivity contribution in [3.63, 3.8) is 0 Å². The van der Waals surface area contributed by atoms with Crippen molar-refractivity contribution >= 4 is 39.4 Å². The monoisotopic (exact) mass is 342 g/mol. The Bertz CT molecular complexity index is 571. The second kappa shape index (κ2) is 6.63. The van der Waals surface area contributed by atoms with Crippen molar-refractivity contribution in [3.8, 4) is 0 Å². The van der Waals surface area contributed by atoms with E-state index >= 15 is 0 Å². The molecule has 2 N–H and O–H groups in total. The Morgan fingerprint density at radius 1 is 1.26 bits per heavy atom. The Hall–Kier alpha value is -1.46. The molecule has 6 heteroatoms. The molecule has 0 radical (unpaired) electrons. The van der Waals surface area contributed by atoms with Crippen LogP contribution in [0.2, 0.25) is 5.02 Å². The summed E-state index contributed by atoms with van der Waals surface area (Å²) in [6.07, 6.45) is 0.676. The summed E-state index contributed by atoms with van der Waals surface area (Å²) in [5, 5.41) is 6.02. The van der Waals surface area contributed by atoms with Crippen LogP contribution in [0.1, 0.15) is 5.56 Å². The normalized spacial score (nSPS) is 10.2. The van der Waals surface area contributed by atoms with Gasteiger partial charge in [-0.3, -0.25) is 5.32 Å². The van der Waals surface area contributed by atoms with Crippen LogP contribution in [0.25, 0.3) is 0 Å². The number of amides is 2. The van der Waals surface area contributed by atoms with E-state index in [1.54, 1.807) is 12.1 Å². The van der Waals surface area contributed by atoms with Crippen molar-refractivity contribution in [1.29, 1.82) is 0 Å². The molecule has 4 nitrogen and oxygen atoms in total. The van der Waals surface area contributed by atoms with Gasteiger partial charge in [0.25, 0.3) is 0 Å². The summed E-state index contributed by atoms with van der Waals surface area (Å²) in [4.78, 5) is 11.6. The Morgan fingerprint density at radius 2 is 2.05 bits per heavy atom. The smallest absolute Gasteiger partial charge is 0.321 e. The van der Waals surface area contributed by atoms with Gasteiger partial charge in [0, 0.05) is 17.6 Å². The lowest BCUT2D eigenvalue weighted by Crippen LogP contribution is -2.30. The number of halogens is 2. The highest BCUT2D eigenvalue weighted by Gasteiger charge is 2.05. The molecule has 100 valence electrons. The molecule has 19 heavy (non-hydrogen) atoms. The molecular weight excluding hydrogens is 332 g/mol. The lowest BCUT2D eigenvalue weighted by atomic mass is 10.1. The summed E-state index contributed by atoms with van der Waals surface area (Å²) in [5.41, 5.74) is 1.00. The molecule has 0 saturated heterocycles. The average molecular weight is 344 g/mol. The molecule has 2 rings (SSSR count). The molecule has 0 unspecified atom stereocenters. The third-order valence-corrected chi connectivity index (χ3v) is 3.24. The van der Waals surface area contributed by atoms with Gasteiger partial charge < -0.3 is 9.73 Å². The third-order valence-electron chi connectivity index (χ3n) is 2.45. The first-order valence-corrected chi connectivity index (χ1v) is 6.86. The van der Waals surface area contributed by atoms with Crippen molar-refractivity contribution < 1.29 is 9.21 Å². The number of rotatable bonds is 4. The largest absolute Gasteiger partial charge is 0.434 e. The van der Waals surface area contributed by atoms with E-state index in [-0.39, 0.29) is 6.03 Å². The number of benzene rings is 1.